The van der Waals surface area contributed by atoms with Crippen LogP contribution in [0.1, 0.15) is 25.5 Å². The molecule has 0 amide bonds. The third-order valence-electron chi connectivity index (χ3n) is 2.80. The van der Waals surface area contributed by atoms with Crippen LogP contribution in [0.15, 0.2) is 20.0 Å². The first-order valence-corrected chi connectivity index (χ1v) is 9.27. The Balaban J connectivity index is 2.61. The molecule has 0 saturated carbocycles. The molecule has 0 unspecified atom stereocenters. The van der Waals surface area contributed by atoms with E-state index in [-0.39, 0.29) is 9.56 Å². The standard InChI is InChI=1S/C13H24BrN3O3S/c1-4-6-15-10-11-9-12(13(14)20-11)21(18,19)16-7-5-8-17(2)3/h9,15-16H,4-8,10H2,1-3H3. The molecule has 0 bridgehead atoms. The van der Waals surface area contributed by atoms with Gasteiger partial charge in [0.2, 0.25) is 10.0 Å². The molecule has 6 nitrogen and oxygen atoms in total. The summed E-state index contributed by atoms with van der Waals surface area (Å²) in [5.41, 5.74) is 0. The van der Waals surface area contributed by atoms with Crippen molar-refractivity contribution in [2.75, 3.05) is 33.7 Å². The fourth-order valence-electron chi connectivity index (χ4n) is 1.74. The number of halogens is 1. The van der Waals surface area contributed by atoms with E-state index in [1.165, 1.54) is 0 Å². The van der Waals surface area contributed by atoms with Gasteiger partial charge in [-0.15, -0.1) is 0 Å². The number of nitrogens with one attached hydrogen (secondary N) is 2. The molecule has 1 aromatic heterocycles. The predicted molar refractivity (Wildman–Crippen MR) is 86.8 cm³/mol. The molecule has 0 fully saturated rings. The summed E-state index contributed by atoms with van der Waals surface area (Å²) < 4.78 is 32.7. The predicted octanol–water partition coefficient (Wildman–Crippen LogP) is 1.77. The second kappa shape index (κ2) is 8.89. The van der Waals surface area contributed by atoms with Crippen molar-refractivity contribution in [1.29, 1.82) is 0 Å². The number of rotatable bonds is 10. The molecule has 0 saturated heterocycles. The average molecular weight is 382 g/mol. The Morgan fingerprint density at radius 2 is 2.05 bits per heavy atom. The van der Waals surface area contributed by atoms with Crippen molar-refractivity contribution >= 4 is 26.0 Å². The molecular formula is C13H24BrN3O3S. The van der Waals surface area contributed by atoms with Crippen LogP contribution in [0, 0.1) is 0 Å². The van der Waals surface area contributed by atoms with Crippen molar-refractivity contribution in [2.24, 2.45) is 0 Å². The minimum Gasteiger partial charge on any atom is -0.452 e. The van der Waals surface area contributed by atoms with Crippen molar-refractivity contribution in [2.45, 2.75) is 31.2 Å². The van der Waals surface area contributed by atoms with Gasteiger partial charge in [0.1, 0.15) is 10.7 Å². The Kier molecular flexibility index (Phi) is 7.89. The Labute approximate surface area is 135 Å². The summed E-state index contributed by atoms with van der Waals surface area (Å²) in [7, 11) is 0.375. The zero-order chi connectivity index (χ0) is 15.9. The first kappa shape index (κ1) is 18.6. The molecule has 0 aromatic carbocycles. The van der Waals surface area contributed by atoms with E-state index >= 15 is 0 Å². The normalized spacial score (nSPS) is 12.2. The minimum atomic E-state index is -3.54. The van der Waals surface area contributed by atoms with Gasteiger partial charge < -0.3 is 14.6 Å². The molecular weight excluding hydrogens is 358 g/mol. The highest BCUT2D eigenvalue weighted by Gasteiger charge is 2.21. The van der Waals surface area contributed by atoms with Gasteiger partial charge in [-0.3, -0.25) is 0 Å². The molecule has 0 aliphatic heterocycles. The summed E-state index contributed by atoms with van der Waals surface area (Å²) in [6.45, 7) is 4.69. The molecule has 0 spiro atoms. The molecule has 21 heavy (non-hydrogen) atoms. The molecule has 1 rings (SSSR count). The van der Waals surface area contributed by atoms with Crippen LogP contribution in [0.4, 0.5) is 0 Å². The van der Waals surface area contributed by atoms with E-state index in [4.69, 9.17) is 4.42 Å². The zero-order valence-corrected chi connectivity index (χ0v) is 15.2. The van der Waals surface area contributed by atoms with Crippen LogP contribution in [-0.4, -0.2) is 47.0 Å². The number of hydrogen-bond donors (Lipinski definition) is 2. The van der Waals surface area contributed by atoms with Crippen LogP contribution in [0.5, 0.6) is 0 Å². The highest BCUT2D eigenvalue weighted by Crippen LogP contribution is 2.25. The highest BCUT2D eigenvalue weighted by molar-refractivity contribution is 9.10. The Morgan fingerprint density at radius 3 is 2.67 bits per heavy atom. The van der Waals surface area contributed by atoms with Gasteiger partial charge in [-0.05, 0) is 56.0 Å². The van der Waals surface area contributed by atoms with Crippen molar-refractivity contribution in [3.05, 3.63) is 16.5 Å². The highest BCUT2D eigenvalue weighted by atomic mass is 79.9. The molecule has 1 heterocycles. The van der Waals surface area contributed by atoms with Gasteiger partial charge in [0.25, 0.3) is 0 Å². The Hall–Kier alpha value is -0.410. The van der Waals surface area contributed by atoms with Crippen molar-refractivity contribution in [1.82, 2.24) is 14.9 Å². The van der Waals surface area contributed by atoms with Gasteiger partial charge >= 0.3 is 0 Å². The van der Waals surface area contributed by atoms with E-state index in [1.807, 2.05) is 19.0 Å². The third kappa shape index (κ3) is 6.48. The SMILES string of the molecule is CCCNCc1cc(S(=O)(=O)NCCCN(C)C)c(Br)o1. The van der Waals surface area contributed by atoms with Gasteiger partial charge in [0.05, 0.1) is 6.54 Å². The topological polar surface area (TPSA) is 74.6 Å². The fraction of sp³-hybridized carbons (Fsp3) is 0.692. The first-order valence-electron chi connectivity index (χ1n) is 7.00. The summed E-state index contributed by atoms with van der Waals surface area (Å²) in [5.74, 6) is 0.601. The van der Waals surface area contributed by atoms with Crippen LogP contribution in [0.2, 0.25) is 0 Å². The molecule has 0 atom stereocenters. The number of sulfonamides is 1. The summed E-state index contributed by atoms with van der Waals surface area (Å²) in [6, 6.07) is 1.56. The molecule has 2 N–H and O–H groups in total. The lowest BCUT2D eigenvalue weighted by atomic mass is 10.4. The lowest BCUT2D eigenvalue weighted by Crippen LogP contribution is -2.27. The summed E-state index contributed by atoms with van der Waals surface area (Å²) >= 11 is 3.17. The average Bonchev–Trinajstić information content (AvgIpc) is 2.77. The van der Waals surface area contributed by atoms with Crippen molar-refractivity contribution in [3.63, 3.8) is 0 Å². The number of nitrogens with zero attached hydrogens (tertiary/aromatic N) is 1. The van der Waals surface area contributed by atoms with Crippen LogP contribution >= 0.6 is 15.9 Å². The van der Waals surface area contributed by atoms with E-state index in [0.29, 0.717) is 18.8 Å². The number of furan rings is 1. The van der Waals surface area contributed by atoms with Crippen LogP contribution in [0.25, 0.3) is 0 Å². The summed E-state index contributed by atoms with van der Waals surface area (Å²) in [5, 5.41) is 3.17. The lowest BCUT2D eigenvalue weighted by molar-refractivity contribution is 0.400. The molecule has 1 aromatic rings. The zero-order valence-electron chi connectivity index (χ0n) is 12.8. The Bertz CT molecular complexity index is 529. The molecule has 122 valence electrons. The minimum absolute atomic E-state index is 0.153. The van der Waals surface area contributed by atoms with E-state index in [0.717, 1.165) is 25.9 Å². The van der Waals surface area contributed by atoms with E-state index in [1.54, 1.807) is 6.07 Å². The first-order chi connectivity index (χ1) is 9.86. The maximum atomic E-state index is 12.2. The maximum Gasteiger partial charge on any atom is 0.244 e. The van der Waals surface area contributed by atoms with Crippen LogP contribution in [0.3, 0.4) is 0 Å². The summed E-state index contributed by atoms with van der Waals surface area (Å²) in [6.07, 6.45) is 1.77. The van der Waals surface area contributed by atoms with E-state index in [9.17, 15) is 8.42 Å². The third-order valence-corrected chi connectivity index (χ3v) is 5.11. The lowest BCUT2D eigenvalue weighted by Gasteiger charge is -2.09. The quantitative estimate of drug-likeness (QED) is 0.604. The summed E-state index contributed by atoms with van der Waals surface area (Å²) in [4.78, 5) is 2.17. The second-order valence-corrected chi connectivity index (χ2v) is 7.54. The van der Waals surface area contributed by atoms with Gasteiger partial charge in [-0.2, -0.15) is 0 Å². The molecule has 0 aliphatic rings. The van der Waals surface area contributed by atoms with Gasteiger partial charge in [-0.1, -0.05) is 6.92 Å². The van der Waals surface area contributed by atoms with Crippen molar-refractivity contribution < 1.29 is 12.8 Å². The largest absolute Gasteiger partial charge is 0.452 e. The van der Waals surface area contributed by atoms with Crippen LogP contribution in [-0.2, 0) is 16.6 Å². The molecule has 0 aliphatic carbocycles. The Morgan fingerprint density at radius 1 is 1.33 bits per heavy atom. The van der Waals surface area contributed by atoms with Gasteiger partial charge in [0.15, 0.2) is 4.67 Å². The van der Waals surface area contributed by atoms with Crippen LogP contribution < -0.4 is 10.0 Å². The second-order valence-electron chi connectivity index (χ2n) is 5.08. The van der Waals surface area contributed by atoms with E-state index < -0.39 is 10.0 Å². The van der Waals surface area contributed by atoms with Gasteiger partial charge in [0, 0.05) is 12.6 Å². The maximum absolute atomic E-state index is 12.2. The smallest absolute Gasteiger partial charge is 0.244 e. The fourth-order valence-corrected chi connectivity index (χ4v) is 3.81. The van der Waals surface area contributed by atoms with Gasteiger partial charge in [-0.25, -0.2) is 13.1 Å². The number of hydrogen-bond acceptors (Lipinski definition) is 5. The monoisotopic (exact) mass is 381 g/mol. The molecule has 8 heteroatoms. The van der Waals surface area contributed by atoms with Crippen molar-refractivity contribution in [3.8, 4) is 0 Å². The molecule has 0 radical (unpaired) electrons. The van der Waals surface area contributed by atoms with E-state index in [2.05, 4.69) is 32.9 Å².